The minimum absolute atomic E-state index is 0.137. The number of unbranched alkanes of at least 4 members (excludes halogenated alkanes) is 20. The van der Waals surface area contributed by atoms with Gasteiger partial charge in [0, 0.05) is 19.3 Å². The highest BCUT2D eigenvalue weighted by molar-refractivity contribution is 7.47. The Morgan fingerprint density at radius 2 is 0.703 bits per heavy atom. The van der Waals surface area contributed by atoms with Crippen molar-refractivity contribution in [3.63, 3.8) is 0 Å². The van der Waals surface area contributed by atoms with E-state index in [1.54, 1.807) is 0 Å². The van der Waals surface area contributed by atoms with Gasteiger partial charge in [-0.05, 0) is 96.3 Å². The first-order valence-electron chi connectivity index (χ1n) is 29.1. The molecule has 3 atom stereocenters. The zero-order valence-corrected chi connectivity index (χ0v) is 47.7. The number of allylic oxidation sites excluding steroid dienone is 16. The molecule has 0 saturated heterocycles. The Hall–Kier alpha value is -3.60. The third-order valence-corrected chi connectivity index (χ3v) is 13.0. The normalized spacial score (nSPS) is 14.1. The fourth-order valence-corrected chi connectivity index (χ4v) is 8.42. The highest BCUT2D eigenvalue weighted by Gasteiger charge is 2.28. The van der Waals surface area contributed by atoms with Crippen molar-refractivity contribution in [1.82, 2.24) is 0 Å². The summed E-state index contributed by atoms with van der Waals surface area (Å²) in [5, 5.41) is 9.81. The van der Waals surface area contributed by atoms with Crippen LogP contribution in [0.4, 0.5) is 0 Å². The molecule has 0 saturated carbocycles. The summed E-state index contributed by atoms with van der Waals surface area (Å²) in [6.45, 7) is 4.36. The van der Waals surface area contributed by atoms with Crippen molar-refractivity contribution in [3.05, 3.63) is 97.2 Å². The van der Waals surface area contributed by atoms with Crippen molar-refractivity contribution in [3.8, 4) is 0 Å². The Balaban J connectivity index is 4.80. The summed E-state index contributed by atoms with van der Waals surface area (Å²) in [5.74, 6) is -1.52. The molecule has 0 rings (SSSR count). The molecule has 0 aliphatic heterocycles. The van der Waals surface area contributed by atoms with Crippen LogP contribution in [0.5, 0.6) is 0 Å². The van der Waals surface area contributed by atoms with Crippen LogP contribution < -0.4 is 0 Å². The molecule has 12 heteroatoms. The first-order chi connectivity index (χ1) is 36.2. The number of esters is 3. The quantitative estimate of drug-likeness (QED) is 0.0197. The van der Waals surface area contributed by atoms with E-state index >= 15 is 0 Å². The number of carbonyl (C=O) groups excluding carboxylic acids is 3. The summed E-state index contributed by atoms with van der Waals surface area (Å²) in [5.41, 5.74) is 0. The Bertz CT molecular complexity index is 1610. The lowest BCUT2D eigenvalue weighted by Crippen LogP contribution is -2.30. The highest BCUT2D eigenvalue weighted by atomic mass is 31.2. The van der Waals surface area contributed by atoms with E-state index in [1.165, 1.54) is 57.8 Å². The Kier molecular flexibility index (Phi) is 52.9. The van der Waals surface area contributed by atoms with Crippen LogP contribution in [0.3, 0.4) is 0 Å². The van der Waals surface area contributed by atoms with Crippen LogP contribution in [0, 0.1) is 0 Å². The lowest BCUT2D eigenvalue weighted by Gasteiger charge is -2.21. The van der Waals surface area contributed by atoms with Gasteiger partial charge in [0.25, 0.3) is 0 Å². The average molecular weight is 1060 g/mol. The second kappa shape index (κ2) is 55.6. The van der Waals surface area contributed by atoms with Gasteiger partial charge in [0.1, 0.15) is 12.7 Å². The van der Waals surface area contributed by atoms with Crippen molar-refractivity contribution in [1.29, 1.82) is 0 Å². The van der Waals surface area contributed by atoms with E-state index in [0.717, 1.165) is 122 Å². The summed E-state index contributed by atoms with van der Waals surface area (Å²) in [6.07, 6.45) is 65.1. The maximum atomic E-state index is 12.9. The van der Waals surface area contributed by atoms with Gasteiger partial charge in [-0.3, -0.25) is 23.4 Å². The first-order valence-corrected chi connectivity index (χ1v) is 30.6. The van der Waals surface area contributed by atoms with Crippen LogP contribution in [0.2, 0.25) is 0 Å². The molecule has 2 N–H and O–H groups in total. The molecule has 0 aliphatic rings. The first kappa shape index (κ1) is 70.4. The molecule has 0 radical (unpaired) electrons. The lowest BCUT2D eigenvalue weighted by molar-refractivity contribution is -0.161. The number of aliphatic hydroxyl groups is 1. The van der Waals surface area contributed by atoms with Crippen LogP contribution in [0.1, 0.15) is 239 Å². The topological polar surface area (TPSA) is 155 Å². The predicted molar refractivity (Wildman–Crippen MR) is 307 cm³/mol. The zero-order chi connectivity index (χ0) is 54.1. The maximum absolute atomic E-state index is 12.9. The predicted octanol–water partition coefficient (Wildman–Crippen LogP) is 17.3. The van der Waals surface area contributed by atoms with Gasteiger partial charge >= 0.3 is 25.7 Å². The zero-order valence-electron chi connectivity index (χ0n) is 46.8. The van der Waals surface area contributed by atoms with Gasteiger partial charge in [-0.1, -0.05) is 221 Å². The number of ether oxygens (including phenoxy) is 3. The lowest BCUT2D eigenvalue weighted by atomic mass is 10.0. The number of hydrogen-bond donors (Lipinski definition) is 2. The summed E-state index contributed by atoms with van der Waals surface area (Å²) in [4.78, 5) is 48.5. The van der Waals surface area contributed by atoms with Crippen molar-refractivity contribution < 1.29 is 52.2 Å². The number of phosphoric ester groups is 1. The largest absolute Gasteiger partial charge is 0.472 e. The number of aliphatic hydroxyl groups excluding tert-OH is 1. The van der Waals surface area contributed by atoms with E-state index in [1.807, 2.05) is 0 Å². The fraction of sp³-hybridized carbons (Fsp3) is 0.694. The summed E-state index contributed by atoms with van der Waals surface area (Å²) < 4.78 is 39.5. The third-order valence-electron chi connectivity index (χ3n) is 12.0. The van der Waals surface area contributed by atoms with E-state index in [0.29, 0.717) is 19.3 Å². The molecule has 74 heavy (non-hydrogen) atoms. The molecule has 0 fully saturated rings. The second-order valence-electron chi connectivity index (χ2n) is 19.0. The number of carbonyl (C=O) groups is 3. The van der Waals surface area contributed by atoms with Crippen molar-refractivity contribution in [2.75, 3.05) is 26.4 Å². The van der Waals surface area contributed by atoms with Crippen LogP contribution in [-0.4, -0.2) is 66.5 Å². The van der Waals surface area contributed by atoms with Crippen LogP contribution in [0.15, 0.2) is 97.2 Å². The average Bonchev–Trinajstić information content (AvgIpc) is 3.39. The molecule has 0 aliphatic carbocycles. The van der Waals surface area contributed by atoms with Gasteiger partial charge in [-0.25, -0.2) is 4.57 Å². The van der Waals surface area contributed by atoms with Gasteiger partial charge in [0.15, 0.2) is 6.10 Å². The Labute approximate surface area is 451 Å². The summed E-state index contributed by atoms with van der Waals surface area (Å²) in [7, 11) is -4.76. The second-order valence-corrected chi connectivity index (χ2v) is 20.5. The van der Waals surface area contributed by atoms with Gasteiger partial charge < -0.3 is 24.2 Å². The maximum Gasteiger partial charge on any atom is 0.472 e. The van der Waals surface area contributed by atoms with E-state index in [4.69, 9.17) is 23.3 Å². The smallest absolute Gasteiger partial charge is 0.462 e. The van der Waals surface area contributed by atoms with Gasteiger partial charge in [0.2, 0.25) is 0 Å². The molecule has 424 valence electrons. The van der Waals surface area contributed by atoms with Crippen LogP contribution in [-0.2, 0) is 42.2 Å². The molecule has 0 aromatic heterocycles. The molecule has 11 nitrogen and oxygen atoms in total. The Morgan fingerprint density at radius 1 is 0.392 bits per heavy atom. The van der Waals surface area contributed by atoms with E-state index < -0.39 is 57.8 Å². The summed E-state index contributed by atoms with van der Waals surface area (Å²) in [6, 6.07) is 0. The molecule has 0 bridgehead atoms. The molecule has 0 heterocycles. The SMILES string of the molecule is CC/C=C\C/C=C\C/C=C\C/C=C\C/C=C\CCCCCC(=O)OCC(COP(=O)(O)OCC(CO)OC(=O)CCCCCCCCCCCCCCC)OC(=O)CCCCCCC/C=C\C/C=C\C/C=C\CC. The monoisotopic (exact) mass is 1060 g/mol. The number of rotatable bonds is 53. The number of hydrogen-bond acceptors (Lipinski definition) is 10. The van der Waals surface area contributed by atoms with Gasteiger partial charge in [-0.2, -0.15) is 0 Å². The third kappa shape index (κ3) is 53.2. The molecule has 0 aromatic rings. The van der Waals surface area contributed by atoms with Crippen molar-refractivity contribution in [2.24, 2.45) is 0 Å². The Morgan fingerprint density at radius 3 is 1.09 bits per heavy atom. The van der Waals surface area contributed by atoms with E-state index in [9.17, 15) is 28.9 Å². The number of phosphoric acid groups is 1. The van der Waals surface area contributed by atoms with E-state index in [2.05, 4.69) is 118 Å². The molecule has 0 spiro atoms. The standard InChI is InChI=1S/C62H105O11P/c1-4-7-10-13-16-19-22-25-27-28-29-30-32-34-36-39-42-45-48-51-60(64)69-55-59(73-62(66)53-50-47-44-41-38-35-31-26-23-20-17-14-11-8-5-2)57-71-74(67,68)70-56-58(54-63)72-61(65)52-49-46-43-40-37-33-24-21-18-15-12-9-6-3/h7-8,10-11,16-17,19-20,25-27,29-31,34,36,58-59,63H,4-6,9,12-15,18,21-24,28,32-33,35,37-57H2,1-3H3,(H,67,68)/b10-7-,11-8-,19-16-,20-17-,27-25-,30-29-,31-26-,36-34-. The summed E-state index contributed by atoms with van der Waals surface area (Å²) >= 11 is 0. The van der Waals surface area contributed by atoms with Crippen LogP contribution in [0.25, 0.3) is 0 Å². The van der Waals surface area contributed by atoms with Gasteiger partial charge in [0.05, 0.1) is 19.8 Å². The van der Waals surface area contributed by atoms with Crippen LogP contribution >= 0.6 is 7.82 Å². The molecular weight excluding hydrogens is 952 g/mol. The van der Waals surface area contributed by atoms with E-state index in [-0.39, 0.29) is 25.9 Å². The molecule has 0 aromatic carbocycles. The van der Waals surface area contributed by atoms with Crippen molar-refractivity contribution in [2.45, 2.75) is 251 Å². The minimum atomic E-state index is -4.76. The highest BCUT2D eigenvalue weighted by Crippen LogP contribution is 2.43. The van der Waals surface area contributed by atoms with Crippen molar-refractivity contribution >= 4 is 25.7 Å². The fourth-order valence-electron chi connectivity index (χ4n) is 7.63. The minimum Gasteiger partial charge on any atom is -0.462 e. The molecule has 0 amide bonds. The molecular formula is C62H105O11P. The van der Waals surface area contributed by atoms with Gasteiger partial charge in [-0.15, -0.1) is 0 Å². The molecule has 3 unspecified atom stereocenters.